The molecule has 0 bridgehead atoms. The van der Waals surface area contributed by atoms with Gasteiger partial charge in [0.2, 0.25) is 0 Å². The number of rotatable bonds is 5. The van der Waals surface area contributed by atoms with Crippen LogP contribution in [-0.4, -0.2) is 12.8 Å². The summed E-state index contributed by atoms with van der Waals surface area (Å²) in [4.78, 5) is 10.8. The smallest absolute Gasteiger partial charge is 0.130 e. The highest BCUT2D eigenvalue weighted by Gasteiger charge is 1.96. The lowest BCUT2D eigenvalue weighted by Crippen LogP contribution is -2.04. The van der Waals surface area contributed by atoms with Gasteiger partial charge in [0.05, 0.1) is 0 Å². The molecule has 0 aliphatic carbocycles. The van der Waals surface area contributed by atoms with Gasteiger partial charge >= 0.3 is 0 Å². The van der Waals surface area contributed by atoms with Gasteiger partial charge in [-0.2, -0.15) is 0 Å². The number of hydrogen-bond donors (Lipinski definition) is 1. The van der Waals surface area contributed by atoms with Gasteiger partial charge < -0.3 is 10.1 Å². The molecular weight excluding hydrogens is 174 g/mol. The molecule has 1 aromatic carbocycles. The number of hydrogen-bond acceptors (Lipinski definition) is 2. The summed E-state index contributed by atoms with van der Waals surface area (Å²) in [6.07, 6.45) is 1.50. The van der Waals surface area contributed by atoms with Gasteiger partial charge in [-0.1, -0.05) is 24.3 Å². The number of benzene rings is 1. The SMILES string of the molecule is CNCc1ccc(CCC(C)=O)cc1.[HH]. The van der Waals surface area contributed by atoms with E-state index in [-0.39, 0.29) is 7.21 Å². The molecule has 1 N–H and O–H groups in total. The van der Waals surface area contributed by atoms with Crippen LogP contribution >= 0.6 is 0 Å². The first kappa shape index (κ1) is 10.9. The van der Waals surface area contributed by atoms with Gasteiger partial charge in [-0.05, 0) is 31.5 Å². The van der Waals surface area contributed by atoms with Crippen molar-refractivity contribution in [3.63, 3.8) is 0 Å². The third kappa shape index (κ3) is 3.71. The first-order valence-electron chi connectivity index (χ1n) is 4.94. The molecule has 0 saturated carbocycles. The van der Waals surface area contributed by atoms with Crippen molar-refractivity contribution in [3.05, 3.63) is 35.4 Å². The number of carbonyl (C=O) groups is 1. The minimum absolute atomic E-state index is 0. The zero-order valence-electron chi connectivity index (χ0n) is 8.84. The van der Waals surface area contributed by atoms with E-state index in [1.807, 2.05) is 7.05 Å². The predicted octanol–water partition coefficient (Wildman–Crippen LogP) is 2.17. The zero-order valence-corrected chi connectivity index (χ0v) is 8.84. The number of Topliss-reactive ketones (excluding diaryl/α,β-unsaturated/α-hetero) is 1. The molecule has 0 amide bonds. The first-order valence-corrected chi connectivity index (χ1v) is 4.94. The standard InChI is InChI=1S/C12H17NO.H2/c1-10(14)3-4-11-5-7-12(8-6-11)9-13-2;/h5-8,13H,3-4,9H2,1-2H3;1H. The first-order chi connectivity index (χ1) is 6.72. The van der Waals surface area contributed by atoms with Crippen LogP contribution in [0.5, 0.6) is 0 Å². The maximum atomic E-state index is 10.8. The molecule has 0 spiro atoms. The Morgan fingerprint density at radius 1 is 1.29 bits per heavy atom. The lowest BCUT2D eigenvalue weighted by atomic mass is 10.1. The Kier molecular flexibility index (Phi) is 4.33. The van der Waals surface area contributed by atoms with Gasteiger partial charge in [-0.3, -0.25) is 0 Å². The van der Waals surface area contributed by atoms with Crippen LogP contribution in [0.1, 0.15) is 25.9 Å². The molecule has 0 saturated heterocycles. The van der Waals surface area contributed by atoms with Crippen molar-refractivity contribution in [1.29, 1.82) is 0 Å². The molecule has 2 nitrogen and oxygen atoms in total. The zero-order chi connectivity index (χ0) is 10.4. The summed E-state index contributed by atoms with van der Waals surface area (Å²) in [5.74, 6) is 0.254. The molecule has 0 radical (unpaired) electrons. The number of ketones is 1. The Morgan fingerprint density at radius 2 is 1.86 bits per heavy atom. The van der Waals surface area contributed by atoms with Crippen LogP contribution in [0.2, 0.25) is 0 Å². The molecule has 1 aromatic rings. The monoisotopic (exact) mass is 193 g/mol. The maximum absolute atomic E-state index is 10.8. The van der Waals surface area contributed by atoms with Gasteiger partial charge in [0, 0.05) is 14.4 Å². The lowest BCUT2D eigenvalue weighted by Gasteiger charge is -2.02. The molecule has 0 aliphatic heterocycles. The van der Waals surface area contributed by atoms with Crippen LogP contribution in [0.25, 0.3) is 0 Å². The van der Waals surface area contributed by atoms with Crippen LogP contribution < -0.4 is 5.32 Å². The topological polar surface area (TPSA) is 29.1 Å². The predicted molar refractivity (Wildman–Crippen MR) is 60.3 cm³/mol. The van der Waals surface area contributed by atoms with Crippen molar-refractivity contribution in [2.45, 2.75) is 26.3 Å². The average Bonchev–Trinajstić information content (AvgIpc) is 2.17. The van der Waals surface area contributed by atoms with Crippen molar-refractivity contribution in [1.82, 2.24) is 5.32 Å². The molecule has 0 unspecified atom stereocenters. The summed E-state index contributed by atoms with van der Waals surface area (Å²) in [5.41, 5.74) is 2.51. The van der Waals surface area contributed by atoms with Crippen molar-refractivity contribution in [2.24, 2.45) is 0 Å². The van der Waals surface area contributed by atoms with Crippen LogP contribution in [0.15, 0.2) is 24.3 Å². The van der Waals surface area contributed by atoms with Crippen LogP contribution in [0, 0.1) is 0 Å². The fourth-order valence-electron chi connectivity index (χ4n) is 1.35. The van der Waals surface area contributed by atoms with Crippen LogP contribution in [0.4, 0.5) is 0 Å². The van der Waals surface area contributed by atoms with E-state index in [1.165, 1.54) is 11.1 Å². The highest BCUT2D eigenvalue weighted by Crippen LogP contribution is 2.06. The highest BCUT2D eigenvalue weighted by molar-refractivity contribution is 5.75. The molecule has 0 heterocycles. The fraction of sp³-hybridized carbons (Fsp3) is 0.417. The summed E-state index contributed by atoms with van der Waals surface area (Å²) in [7, 11) is 1.93. The molecule has 1 rings (SSSR count). The van der Waals surface area contributed by atoms with Gasteiger partial charge in [0.25, 0.3) is 0 Å². The van der Waals surface area contributed by atoms with Crippen molar-refractivity contribution in [3.8, 4) is 0 Å². The second-order valence-electron chi connectivity index (χ2n) is 3.55. The molecular formula is C12H19NO. The largest absolute Gasteiger partial charge is 0.316 e. The molecule has 0 atom stereocenters. The van der Waals surface area contributed by atoms with Crippen LogP contribution in [0.3, 0.4) is 0 Å². The fourth-order valence-corrected chi connectivity index (χ4v) is 1.35. The van der Waals surface area contributed by atoms with Crippen molar-refractivity contribution >= 4 is 5.78 Å². The Balaban J connectivity index is 0.00000196. The quantitative estimate of drug-likeness (QED) is 0.776. The molecule has 2 heteroatoms. The Morgan fingerprint density at radius 3 is 2.36 bits per heavy atom. The van der Waals surface area contributed by atoms with Gasteiger partial charge in [-0.25, -0.2) is 0 Å². The van der Waals surface area contributed by atoms with Crippen LogP contribution in [-0.2, 0) is 17.8 Å². The van der Waals surface area contributed by atoms with Gasteiger partial charge in [0.1, 0.15) is 5.78 Å². The van der Waals surface area contributed by atoms with Crippen molar-refractivity contribution < 1.29 is 6.22 Å². The van der Waals surface area contributed by atoms with Gasteiger partial charge in [0.15, 0.2) is 0 Å². The van der Waals surface area contributed by atoms with E-state index < -0.39 is 0 Å². The van der Waals surface area contributed by atoms with E-state index >= 15 is 0 Å². The van der Waals surface area contributed by atoms with E-state index in [1.54, 1.807) is 6.92 Å². The summed E-state index contributed by atoms with van der Waals surface area (Å²) >= 11 is 0. The minimum atomic E-state index is 0. The van der Waals surface area contributed by atoms with E-state index in [4.69, 9.17) is 0 Å². The normalized spacial score (nSPS) is 10.1. The summed E-state index contributed by atoms with van der Waals surface area (Å²) < 4.78 is 0. The lowest BCUT2D eigenvalue weighted by molar-refractivity contribution is -0.116. The highest BCUT2D eigenvalue weighted by atomic mass is 16.1. The summed E-state index contributed by atoms with van der Waals surface area (Å²) in [6.45, 7) is 2.53. The molecule has 78 valence electrons. The third-order valence-corrected chi connectivity index (χ3v) is 2.17. The van der Waals surface area contributed by atoms with E-state index in [0.717, 1.165) is 13.0 Å². The average molecular weight is 193 g/mol. The Hall–Kier alpha value is -1.15. The van der Waals surface area contributed by atoms with Crippen molar-refractivity contribution in [2.75, 3.05) is 7.05 Å². The van der Waals surface area contributed by atoms with Gasteiger partial charge in [-0.15, -0.1) is 0 Å². The number of carbonyl (C=O) groups excluding carboxylic acids is 1. The molecule has 14 heavy (non-hydrogen) atoms. The number of aryl methyl sites for hydroxylation is 1. The summed E-state index contributed by atoms with van der Waals surface area (Å²) in [6, 6.07) is 8.39. The van der Waals surface area contributed by atoms with E-state index in [9.17, 15) is 4.79 Å². The van der Waals surface area contributed by atoms with E-state index in [2.05, 4.69) is 29.6 Å². The minimum Gasteiger partial charge on any atom is -0.316 e. The second-order valence-corrected chi connectivity index (χ2v) is 3.55. The Bertz CT molecular complexity index is 295. The summed E-state index contributed by atoms with van der Waals surface area (Å²) in [5, 5.41) is 3.10. The molecule has 0 aliphatic rings. The molecule has 0 fully saturated rings. The molecule has 0 aromatic heterocycles. The maximum Gasteiger partial charge on any atom is 0.130 e. The number of nitrogens with one attached hydrogen (secondary N) is 1. The second kappa shape index (κ2) is 5.55. The third-order valence-electron chi connectivity index (χ3n) is 2.17. The van der Waals surface area contributed by atoms with E-state index in [0.29, 0.717) is 6.42 Å². The Labute approximate surface area is 86.8 Å².